The number of fused-ring (bicyclic) bond motifs is 1. The molecule has 0 aliphatic carbocycles. The van der Waals surface area contributed by atoms with Crippen LogP contribution in [0.4, 0.5) is 11.4 Å². The summed E-state index contributed by atoms with van der Waals surface area (Å²) in [7, 11) is 2.04. The van der Waals surface area contributed by atoms with Gasteiger partial charge in [0.25, 0.3) is 5.69 Å². The van der Waals surface area contributed by atoms with Crippen LogP contribution in [0, 0.1) is 10.1 Å². The Kier molecular flexibility index (Phi) is 7.28. The Balaban J connectivity index is 0.00000289. The van der Waals surface area contributed by atoms with Gasteiger partial charge in [0.1, 0.15) is 11.5 Å². The van der Waals surface area contributed by atoms with Crippen molar-refractivity contribution in [3.63, 3.8) is 0 Å². The largest absolute Gasteiger partial charge is 0.457 e. The monoisotopic (exact) mass is 449 g/mol. The standard InChI is InChI=1S/C24H20ClN3O3.CH4/c1-27-15-14-26-22(21-4-2-3-5-23(21)27)12-6-17-16-19(28(29)30)9-13-24(17)31-20-10-7-18(25)8-11-20;/h2-13,16H,14-15H2,1H3;1H4/b12-6+;. The average Bonchev–Trinajstić information content (AvgIpc) is 2.93. The molecule has 32 heavy (non-hydrogen) atoms. The number of aliphatic imine (C=N–C) groups is 1. The van der Waals surface area contributed by atoms with Crippen molar-refractivity contribution in [2.45, 2.75) is 7.43 Å². The maximum absolute atomic E-state index is 11.3. The molecule has 0 saturated carbocycles. The third-order valence-corrected chi connectivity index (χ3v) is 5.23. The number of allylic oxidation sites excluding steroid dienone is 1. The molecule has 0 radical (unpaired) electrons. The molecule has 3 aromatic rings. The second kappa shape index (κ2) is 10.1. The fourth-order valence-corrected chi connectivity index (χ4v) is 3.49. The van der Waals surface area contributed by atoms with Gasteiger partial charge < -0.3 is 9.64 Å². The zero-order valence-corrected chi connectivity index (χ0v) is 17.6. The van der Waals surface area contributed by atoms with Crippen molar-refractivity contribution in [2.24, 2.45) is 4.99 Å². The zero-order chi connectivity index (χ0) is 21.8. The zero-order valence-electron chi connectivity index (χ0n) is 16.9. The highest BCUT2D eigenvalue weighted by Gasteiger charge is 2.15. The second-order valence-electron chi connectivity index (χ2n) is 7.07. The predicted octanol–water partition coefficient (Wildman–Crippen LogP) is 6.63. The summed E-state index contributed by atoms with van der Waals surface area (Å²) >= 11 is 5.94. The van der Waals surface area contributed by atoms with Gasteiger partial charge in [0.2, 0.25) is 0 Å². The molecule has 0 N–H and O–H groups in total. The van der Waals surface area contributed by atoms with E-state index in [0.29, 0.717) is 28.6 Å². The summed E-state index contributed by atoms with van der Waals surface area (Å²) < 4.78 is 5.97. The van der Waals surface area contributed by atoms with Crippen LogP contribution < -0.4 is 9.64 Å². The van der Waals surface area contributed by atoms with Gasteiger partial charge in [-0.05, 0) is 48.6 Å². The Bertz CT molecular complexity index is 1170. The van der Waals surface area contributed by atoms with Crippen molar-refractivity contribution in [1.29, 1.82) is 0 Å². The summed E-state index contributed by atoms with van der Waals surface area (Å²) in [5, 5.41) is 11.9. The van der Waals surface area contributed by atoms with E-state index in [4.69, 9.17) is 21.3 Å². The van der Waals surface area contributed by atoms with E-state index in [-0.39, 0.29) is 13.1 Å². The third-order valence-electron chi connectivity index (χ3n) is 4.98. The quantitative estimate of drug-likeness (QED) is 0.324. The first-order chi connectivity index (χ1) is 15.0. The van der Waals surface area contributed by atoms with Crippen LogP contribution in [0.3, 0.4) is 0 Å². The first-order valence-electron chi connectivity index (χ1n) is 9.76. The van der Waals surface area contributed by atoms with E-state index in [2.05, 4.69) is 11.0 Å². The van der Waals surface area contributed by atoms with Crippen LogP contribution >= 0.6 is 11.6 Å². The maximum atomic E-state index is 11.3. The van der Waals surface area contributed by atoms with Crippen molar-refractivity contribution < 1.29 is 9.66 Å². The molecule has 0 bridgehead atoms. The minimum absolute atomic E-state index is 0. The lowest BCUT2D eigenvalue weighted by molar-refractivity contribution is -0.384. The summed E-state index contributed by atoms with van der Waals surface area (Å²) in [6.45, 7) is 1.48. The number of anilines is 1. The Morgan fingerprint density at radius 1 is 1.09 bits per heavy atom. The molecular formula is C25H24ClN3O3. The van der Waals surface area contributed by atoms with Crippen LogP contribution in [-0.4, -0.2) is 30.8 Å². The van der Waals surface area contributed by atoms with Crippen LogP contribution in [0.5, 0.6) is 11.5 Å². The van der Waals surface area contributed by atoms with Crippen LogP contribution in [0.15, 0.2) is 77.8 Å². The van der Waals surface area contributed by atoms with Gasteiger partial charge in [0.05, 0.1) is 17.2 Å². The van der Waals surface area contributed by atoms with Crippen molar-refractivity contribution in [3.8, 4) is 11.5 Å². The summed E-state index contributed by atoms with van der Waals surface area (Å²) in [6, 6.07) is 19.5. The predicted molar refractivity (Wildman–Crippen MR) is 132 cm³/mol. The molecule has 1 aliphatic heterocycles. The number of rotatable bonds is 5. The molecule has 3 aromatic carbocycles. The molecular weight excluding hydrogens is 426 g/mol. The van der Waals surface area contributed by atoms with Gasteiger partial charge in [0, 0.05) is 47.6 Å². The molecule has 1 heterocycles. The number of benzene rings is 3. The van der Waals surface area contributed by atoms with Crippen molar-refractivity contribution in [2.75, 3.05) is 25.0 Å². The van der Waals surface area contributed by atoms with E-state index in [9.17, 15) is 10.1 Å². The molecule has 6 nitrogen and oxygen atoms in total. The van der Waals surface area contributed by atoms with Crippen LogP contribution in [0.2, 0.25) is 5.02 Å². The van der Waals surface area contributed by atoms with Gasteiger partial charge in [0.15, 0.2) is 0 Å². The topological polar surface area (TPSA) is 68.0 Å². The van der Waals surface area contributed by atoms with Crippen LogP contribution in [-0.2, 0) is 0 Å². The Morgan fingerprint density at radius 3 is 2.59 bits per heavy atom. The normalized spacial score (nSPS) is 13.1. The Labute approximate surface area is 192 Å². The minimum Gasteiger partial charge on any atom is -0.457 e. The SMILES string of the molecule is C.CN1CCN=C(/C=C/c2cc([N+](=O)[O-])ccc2Oc2ccc(Cl)cc2)c2ccccc21. The molecule has 164 valence electrons. The number of benzodiazepines with no additional fused rings is 1. The molecule has 0 unspecified atom stereocenters. The van der Waals surface area contributed by atoms with E-state index in [1.165, 1.54) is 12.1 Å². The number of nitro benzene ring substituents is 1. The second-order valence-corrected chi connectivity index (χ2v) is 7.51. The minimum atomic E-state index is -0.420. The van der Waals surface area contributed by atoms with Gasteiger partial charge in [-0.3, -0.25) is 15.1 Å². The summed E-state index contributed by atoms with van der Waals surface area (Å²) in [5.74, 6) is 1.09. The molecule has 0 saturated heterocycles. The van der Waals surface area contributed by atoms with E-state index in [0.717, 1.165) is 23.5 Å². The molecule has 1 aliphatic rings. The molecule has 0 fully saturated rings. The van der Waals surface area contributed by atoms with Crippen LogP contribution in [0.1, 0.15) is 18.6 Å². The molecule has 7 heteroatoms. The van der Waals surface area contributed by atoms with Gasteiger partial charge in [-0.2, -0.15) is 0 Å². The highest BCUT2D eigenvalue weighted by atomic mass is 35.5. The summed E-state index contributed by atoms with van der Waals surface area (Å²) in [4.78, 5) is 17.8. The number of nitrogens with zero attached hydrogens (tertiary/aromatic N) is 3. The van der Waals surface area contributed by atoms with Gasteiger partial charge in [-0.15, -0.1) is 0 Å². The number of likely N-dealkylation sites (N-methyl/N-ethyl adjacent to an activating group) is 1. The van der Waals surface area contributed by atoms with Crippen molar-refractivity contribution in [3.05, 3.63) is 99.1 Å². The van der Waals surface area contributed by atoms with Crippen LogP contribution in [0.25, 0.3) is 6.08 Å². The van der Waals surface area contributed by atoms with E-state index in [1.54, 1.807) is 36.4 Å². The number of hydrogen-bond donors (Lipinski definition) is 0. The smallest absolute Gasteiger partial charge is 0.270 e. The number of non-ortho nitro benzene ring substituents is 1. The van der Waals surface area contributed by atoms with Gasteiger partial charge >= 0.3 is 0 Å². The lowest BCUT2D eigenvalue weighted by Crippen LogP contribution is -2.20. The number of para-hydroxylation sites is 1. The molecule has 0 amide bonds. The van der Waals surface area contributed by atoms with E-state index < -0.39 is 4.92 Å². The third kappa shape index (κ3) is 5.15. The lowest BCUT2D eigenvalue weighted by atomic mass is 10.1. The highest BCUT2D eigenvalue weighted by Crippen LogP contribution is 2.31. The molecule has 0 atom stereocenters. The fraction of sp³-hybridized carbons (Fsp3) is 0.160. The van der Waals surface area contributed by atoms with Crippen molar-refractivity contribution in [1.82, 2.24) is 0 Å². The Hall–Kier alpha value is -3.64. The number of hydrogen-bond acceptors (Lipinski definition) is 5. The van der Waals surface area contributed by atoms with Gasteiger partial charge in [-0.25, -0.2) is 0 Å². The Morgan fingerprint density at radius 2 is 1.84 bits per heavy atom. The summed E-state index contributed by atoms with van der Waals surface area (Å²) in [6.07, 6.45) is 3.69. The molecule has 4 rings (SSSR count). The number of ether oxygens (including phenoxy) is 1. The first kappa shape index (κ1) is 23.0. The lowest BCUT2D eigenvalue weighted by Gasteiger charge is -2.18. The van der Waals surface area contributed by atoms with Crippen molar-refractivity contribution >= 4 is 34.8 Å². The number of halogens is 1. The average molecular weight is 450 g/mol. The number of nitro groups is 1. The van der Waals surface area contributed by atoms with E-state index >= 15 is 0 Å². The highest BCUT2D eigenvalue weighted by molar-refractivity contribution is 6.30. The summed E-state index contributed by atoms with van der Waals surface area (Å²) in [5.41, 5.74) is 3.52. The van der Waals surface area contributed by atoms with Gasteiger partial charge in [-0.1, -0.05) is 37.2 Å². The molecule has 0 spiro atoms. The maximum Gasteiger partial charge on any atom is 0.270 e. The molecule has 0 aromatic heterocycles. The fourth-order valence-electron chi connectivity index (χ4n) is 3.36. The first-order valence-corrected chi connectivity index (χ1v) is 10.1. The van der Waals surface area contributed by atoms with E-state index in [1.807, 2.05) is 31.3 Å².